The van der Waals surface area contributed by atoms with Crippen molar-refractivity contribution in [3.05, 3.63) is 59.7 Å². The Morgan fingerprint density at radius 3 is 1.86 bits per heavy atom. The van der Waals surface area contributed by atoms with Crippen LogP contribution < -0.4 is 9.47 Å². The average Bonchev–Trinajstić information content (AvgIpc) is 2.89. The van der Waals surface area contributed by atoms with Crippen molar-refractivity contribution in [3.63, 3.8) is 0 Å². The predicted octanol–water partition coefficient (Wildman–Crippen LogP) is 8.65. The van der Waals surface area contributed by atoms with Crippen molar-refractivity contribution in [3.8, 4) is 11.5 Å². The molecule has 0 spiro atoms. The van der Waals surface area contributed by atoms with E-state index in [-0.39, 0.29) is 5.97 Å². The van der Waals surface area contributed by atoms with E-state index in [0.717, 1.165) is 25.0 Å². The predicted molar refractivity (Wildman–Crippen MR) is 149 cm³/mol. The van der Waals surface area contributed by atoms with Crippen molar-refractivity contribution in [2.45, 2.75) is 91.9 Å². The number of hydrogen-bond acceptors (Lipinski definition) is 5. The van der Waals surface area contributed by atoms with E-state index in [1.165, 1.54) is 44.9 Å². The summed E-state index contributed by atoms with van der Waals surface area (Å²) in [6.07, 6.45) is 12.1. The summed E-state index contributed by atoms with van der Waals surface area (Å²) >= 11 is 0. The molecule has 2 rings (SSSR count). The van der Waals surface area contributed by atoms with Crippen molar-refractivity contribution in [1.29, 1.82) is 0 Å². The third-order valence-electron chi connectivity index (χ3n) is 6.38. The molecule has 2 aromatic carbocycles. The molecule has 37 heavy (non-hydrogen) atoms. The second-order valence-corrected chi connectivity index (χ2v) is 10.4. The molecule has 1 unspecified atom stereocenters. The van der Waals surface area contributed by atoms with Gasteiger partial charge in [0.05, 0.1) is 24.3 Å². The first-order chi connectivity index (χ1) is 17.9. The molecular weight excluding hydrogens is 464 g/mol. The molecule has 5 heteroatoms. The fraction of sp³-hybridized carbons (Fsp3) is 0.562. The molecule has 0 N–H and O–H groups in total. The van der Waals surface area contributed by atoms with Crippen LogP contribution in [0.15, 0.2) is 48.5 Å². The van der Waals surface area contributed by atoms with Crippen LogP contribution in [0.4, 0.5) is 0 Å². The summed E-state index contributed by atoms with van der Waals surface area (Å²) in [5.74, 6) is 1.34. The number of hydrogen-bond donors (Lipinski definition) is 0. The summed E-state index contributed by atoms with van der Waals surface area (Å²) in [6, 6.07) is 13.5. The molecule has 204 valence electrons. The molecule has 0 heterocycles. The zero-order chi connectivity index (χ0) is 26.9. The summed E-state index contributed by atoms with van der Waals surface area (Å²) in [5, 5.41) is 0. The molecule has 0 saturated carbocycles. The lowest BCUT2D eigenvalue weighted by Gasteiger charge is -2.13. The largest absolute Gasteiger partial charge is 0.494 e. The van der Waals surface area contributed by atoms with E-state index in [4.69, 9.17) is 14.2 Å². The molecule has 0 aliphatic heterocycles. The number of unbranched alkanes of at least 4 members (excludes halogenated alkanes) is 6. The summed E-state index contributed by atoms with van der Waals surface area (Å²) in [6.45, 7) is 9.86. The van der Waals surface area contributed by atoms with Crippen molar-refractivity contribution in [1.82, 2.24) is 0 Å². The minimum Gasteiger partial charge on any atom is -0.494 e. The molecule has 0 aliphatic rings. The summed E-state index contributed by atoms with van der Waals surface area (Å²) in [4.78, 5) is 24.8. The lowest BCUT2D eigenvalue weighted by Crippen LogP contribution is -2.13. The van der Waals surface area contributed by atoms with Gasteiger partial charge in [-0.05, 0) is 73.2 Å². The molecule has 1 atom stereocenters. The van der Waals surface area contributed by atoms with Crippen LogP contribution in [-0.4, -0.2) is 25.2 Å². The number of carbonyl (C=O) groups excluding carboxylic acids is 2. The lowest BCUT2D eigenvalue weighted by molar-refractivity contribution is 0.0442. The SMILES string of the molecule is CCCCCCCCCOc1ccc(C(=O)Oc2ccc(C(=O)OCC(C)CCCC(C)C)cc2)cc1. The Hall–Kier alpha value is -2.82. The fourth-order valence-electron chi connectivity index (χ4n) is 4.02. The topological polar surface area (TPSA) is 61.8 Å². The first kappa shape index (κ1) is 30.4. The van der Waals surface area contributed by atoms with E-state index in [1.54, 1.807) is 48.5 Å². The van der Waals surface area contributed by atoms with Gasteiger partial charge in [-0.15, -0.1) is 0 Å². The van der Waals surface area contributed by atoms with E-state index in [9.17, 15) is 9.59 Å². The number of esters is 2. The Morgan fingerprint density at radius 1 is 0.676 bits per heavy atom. The van der Waals surface area contributed by atoms with Crippen molar-refractivity contribution in [2.75, 3.05) is 13.2 Å². The van der Waals surface area contributed by atoms with Crippen LogP contribution in [0.1, 0.15) is 113 Å². The van der Waals surface area contributed by atoms with E-state index >= 15 is 0 Å². The molecule has 5 nitrogen and oxygen atoms in total. The van der Waals surface area contributed by atoms with E-state index in [2.05, 4.69) is 27.7 Å². The van der Waals surface area contributed by atoms with Gasteiger partial charge in [-0.2, -0.15) is 0 Å². The van der Waals surface area contributed by atoms with Gasteiger partial charge in [0.2, 0.25) is 0 Å². The summed E-state index contributed by atoms with van der Waals surface area (Å²) < 4.78 is 16.7. The maximum atomic E-state index is 12.5. The molecule has 0 radical (unpaired) electrons. The highest BCUT2D eigenvalue weighted by atomic mass is 16.5. The van der Waals surface area contributed by atoms with Gasteiger partial charge in [0.1, 0.15) is 11.5 Å². The van der Waals surface area contributed by atoms with Gasteiger partial charge in [-0.1, -0.05) is 79.1 Å². The van der Waals surface area contributed by atoms with Crippen LogP contribution in [0.5, 0.6) is 11.5 Å². The van der Waals surface area contributed by atoms with Crippen molar-refractivity contribution < 1.29 is 23.8 Å². The summed E-state index contributed by atoms with van der Waals surface area (Å²) in [7, 11) is 0. The Morgan fingerprint density at radius 2 is 1.24 bits per heavy atom. The molecule has 0 aliphatic carbocycles. The van der Waals surface area contributed by atoms with Crippen LogP contribution >= 0.6 is 0 Å². The van der Waals surface area contributed by atoms with Gasteiger partial charge < -0.3 is 14.2 Å². The van der Waals surface area contributed by atoms with Crippen molar-refractivity contribution >= 4 is 11.9 Å². The van der Waals surface area contributed by atoms with E-state index in [0.29, 0.717) is 41.9 Å². The number of ether oxygens (including phenoxy) is 3. The molecule has 0 aromatic heterocycles. The zero-order valence-corrected chi connectivity index (χ0v) is 23.3. The quantitative estimate of drug-likeness (QED) is 0.114. The monoisotopic (exact) mass is 510 g/mol. The van der Waals surface area contributed by atoms with Gasteiger partial charge in [0, 0.05) is 0 Å². The maximum absolute atomic E-state index is 12.5. The third kappa shape index (κ3) is 12.8. The third-order valence-corrected chi connectivity index (χ3v) is 6.38. The standard InChI is InChI=1S/C32H46O5/c1-5-6-7-8-9-10-11-23-35-29-19-15-28(16-20-29)32(34)37-30-21-17-27(18-22-30)31(33)36-24-26(4)14-12-13-25(2)3/h15-22,25-26H,5-14,23-24H2,1-4H3. The summed E-state index contributed by atoms with van der Waals surface area (Å²) in [5.41, 5.74) is 0.884. The first-order valence-corrected chi connectivity index (χ1v) is 14.1. The highest BCUT2D eigenvalue weighted by Crippen LogP contribution is 2.19. The van der Waals surface area contributed by atoms with Gasteiger partial charge in [0.15, 0.2) is 0 Å². The Balaban J connectivity index is 1.70. The molecule has 0 saturated heterocycles. The van der Waals surface area contributed by atoms with Crippen LogP contribution in [0.3, 0.4) is 0 Å². The number of benzene rings is 2. The molecule has 2 aromatic rings. The Bertz CT molecular complexity index is 902. The van der Waals surface area contributed by atoms with Crippen LogP contribution in [0.2, 0.25) is 0 Å². The second kappa shape index (κ2) is 17.6. The highest BCUT2D eigenvalue weighted by Gasteiger charge is 2.13. The van der Waals surface area contributed by atoms with Crippen LogP contribution in [0.25, 0.3) is 0 Å². The van der Waals surface area contributed by atoms with Gasteiger partial charge in [-0.25, -0.2) is 9.59 Å². The van der Waals surface area contributed by atoms with E-state index in [1.807, 2.05) is 0 Å². The highest BCUT2D eigenvalue weighted by molar-refractivity contribution is 5.92. The minimum absolute atomic E-state index is 0.333. The van der Waals surface area contributed by atoms with Gasteiger partial charge >= 0.3 is 11.9 Å². The normalized spacial score (nSPS) is 11.8. The van der Waals surface area contributed by atoms with Gasteiger partial charge in [-0.3, -0.25) is 0 Å². The Labute approximate surface area is 223 Å². The molecule has 0 bridgehead atoms. The molecular formula is C32H46O5. The fourth-order valence-corrected chi connectivity index (χ4v) is 4.02. The van der Waals surface area contributed by atoms with Gasteiger partial charge in [0.25, 0.3) is 0 Å². The minimum atomic E-state index is -0.454. The Kier molecular flexibility index (Phi) is 14.5. The molecule has 0 amide bonds. The first-order valence-electron chi connectivity index (χ1n) is 14.1. The van der Waals surface area contributed by atoms with Crippen LogP contribution in [-0.2, 0) is 4.74 Å². The van der Waals surface area contributed by atoms with Crippen LogP contribution in [0, 0.1) is 11.8 Å². The van der Waals surface area contributed by atoms with Crippen molar-refractivity contribution in [2.24, 2.45) is 11.8 Å². The number of rotatable bonds is 18. The molecule has 0 fully saturated rings. The second-order valence-electron chi connectivity index (χ2n) is 10.4. The lowest BCUT2D eigenvalue weighted by atomic mass is 10.0. The number of carbonyl (C=O) groups is 2. The smallest absolute Gasteiger partial charge is 0.343 e. The maximum Gasteiger partial charge on any atom is 0.343 e. The van der Waals surface area contributed by atoms with E-state index < -0.39 is 5.97 Å². The average molecular weight is 511 g/mol. The zero-order valence-electron chi connectivity index (χ0n) is 23.3.